The van der Waals surface area contributed by atoms with Gasteiger partial charge in [0.1, 0.15) is 10.8 Å². The smallest absolute Gasteiger partial charge is 0.123 e. The molecule has 0 aliphatic carbocycles. The molecule has 24 heavy (non-hydrogen) atoms. The molecule has 0 amide bonds. The van der Waals surface area contributed by atoms with Crippen molar-refractivity contribution < 1.29 is 9.13 Å². The molecule has 1 fully saturated rings. The minimum Gasteiger partial charge on any atom is -0.378 e. The Bertz CT molecular complexity index is 629. The number of nitrogens with zero attached hydrogens (tertiary/aromatic N) is 2. The van der Waals surface area contributed by atoms with Crippen LogP contribution in [0.25, 0.3) is 0 Å². The molecule has 134 valence electrons. The lowest BCUT2D eigenvalue weighted by Crippen LogP contribution is -2.45. The van der Waals surface area contributed by atoms with Gasteiger partial charge < -0.3 is 10.1 Å². The number of benzene rings is 1. The standard InChI is InChI=1S/C16H20FN3OS.2ClH/c1-21-10-16-19-14(11-22-16)9-20-6-5-18-8-15(20)12-3-2-4-13(17)7-12;;/h2-4,7,11,15,18H,5-6,8-10H2,1H3;2*1H. The van der Waals surface area contributed by atoms with E-state index in [9.17, 15) is 4.39 Å². The molecule has 0 saturated carbocycles. The van der Waals surface area contributed by atoms with Crippen LogP contribution < -0.4 is 5.32 Å². The number of aromatic nitrogens is 1. The number of halogens is 3. The van der Waals surface area contributed by atoms with Gasteiger partial charge in [-0.2, -0.15) is 0 Å². The summed E-state index contributed by atoms with van der Waals surface area (Å²) in [6.07, 6.45) is 0. The molecule has 0 spiro atoms. The van der Waals surface area contributed by atoms with Crippen LogP contribution in [0.5, 0.6) is 0 Å². The van der Waals surface area contributed by atoms with Crippen LogP contribution in [0, 0.1) is 5.82 Å². The fraction of sp³-hybridized carbons (Fsp3) is 0.438. The maximum absolute atomic E-state index is 13.5. The number of hydrogen-bond acceptors (Lipinski definition) is 5. The Labute approximate surface area is 158 Å². The van der Waals surface area contributed by atoms with Crippen molar-refractivity contribution in [1.29, 1.82) is 0 Å². The van der Waals surface area contributed by atoms with E-state index in [0.717, 1.165) is 42.4 Å². The van der Waals surface area contributed by atoms with E-state index in [1.165, 1.54) is 6.07 Å². The van der Waals surface area contributed by atoms with Crippen molar-refractivity contribution in [3.63, 3.8) is 0 Å². The summed E-state index contributed by atoms with van der Waals surface area (Å²) >= 11 is 1.62. The highest BCUT2D eigenvalue weighted by molar-refractivity contribution is 7.09. The summed E-state index contributed by atoms with van der Waals surface area (Å²) in [6, 6.07) is 7.06. The van der Waals surface area contributed by atoms with E-state index in [1.807, 2.05) is 6.07 Å². The lowest BCUT2D eigenvalue weighted by atomic mass is 10.0. The van der Waals surface area contributed by atoms with Crippen LogP contribution in [0.3, 0.4) is 0 Å². The van der Waals surface area contributed by atoms with E-state index in [2.05, 4.69) is 20.6 Å². The predicted octanol–water partition coefficient (Wildman–Crippen LogP) is 3.42. The number of ether oxygens (including phenoxy) is 1. The third-order valence-electron chi connectivity index (χ3n) is 3.82. The molecule has 1 aromatic carbocycles. The Morgan fingerprint density at radius 3 is 3.00 bits per heavy atom. The van der Waals surface area contributed by atoms with Crippen molar-refractivity contribution in [3.05, 3.63) is 51.7 Å². The Morgan fingerprint density at radius 1 is 1.42 bits per heavy atom. The summed E-state index contributed by atoms with van der Waals surface area (Å²) in [6.45, 7) is 4.04. The van der Waals surface area contributed by atoms with E-state index in [4.69, 9.17) is 4.74 Å². The molecule has 8 heteroatoms. The van der Waals surface area contributed by atoms with Crippen molar-refractivity contribution in [2.24, 2.45) is 0 Å². The average Bonchev–Trinajstić information content (AvgIpc) is 2.95. The highest BCUT2D eigenvalue weighted by Crippen LogP contribution is 2.25. The number of rotatable bonds is 5. The number of piperazine rings is 1. The molecule has 1 aliphatic heterocycles. The summed E-state index contributed by atoms with van der Waals surface area (Å²) in [5.74, 6) is -0.181. The second-order valence-corrected chi connectivity index (χ2v) is 6.35. The Morgan fingerprint density at radius 2 is 2.25 bits per heavy atom. The Kier molecular flexibility index (Phi) is 9.12. The van der Waals surface area contributed by atoms with Gasteiger partial charge in [-0.05, 0) is 17.7 Å². The van der Waals surface area contributed by atoms with Crippen molar-refractivity contribution >= 4 is 36.2 Å². The van der Waals surface area contributed by atoms with Crippen LogP contribution in [0.4, 0.5) is 4.39 Å². The molecule has 3 rings (SSSR count). The van der Waals surface area contributed by atoms with Crippen LogP contribution in [-0.2, 0) is 17.9 Å². The van der Waals surface area contributed by atoms with Gasteiger partial charge in [0.2, 0.25) is 0 Å². The van der Waals surface area contributed by atoms with Crippen LogP contribution in [0.15, 0.2) is 29.6 Å². The molecular weight excluding hydrogens is 372 g/mol. The SMILES string of the molecule is COCc1nc(CN2CCNCC2c2cccc(F)c2)cs1.Cl.Cl. The second kappa shape index (κ2) is 10.3. The van der Waals surface area contributed by atoms with E-state index < -0.39 is 0 Å². The topological polar surface area (TPSA) is 37.4 Å². The van der Waals surface area contributed by atoms with E-state index in [1.54, 1.807) is 30.6 Å². The summed E-state index contributed by atoms with van der Waals surface area (Å²) in [5.41, 5.74) is 2.07. The molecule has 1 saturated heterocycles. The van der Waals surface area contributed by atoms with Gasteiger partial charge in [-0.25, -0.2) is 9.37 Å². The van der Waals surface area contributed by atoms with Crippen LogP contribution in [0.1, 0.15) is 22.3 Å². The van der Waals surface area contributed by atoms with Crippen molar-refractivity contribution in [3.8, 4) is 0 Å². The third-order valence-corrected chi connectivity index (χ3v) is 4.69. The highest BCUT2D eigenvalue weighted by Gasteiger charge is 2.24. The molecule has 2 aromatic rings. The van der Waals surface area contributed by atoms with Gasteiger partial charge >= 0.3 is 0 Å². The molecule has 4 nitrogen and oxygen atoms in total. The summed E-state index contributed by atoms with van der Waals surface area (Å²) < 4.78 is 18.6. The van der Waals surface area contributed by atoms with Crippen LogP contribution in [-0.4, -0.2) is 36.6 Å². The fourth-order valence-corrected chi connectivity index (χ4v) is 3.55. The molecule has 0 bridgehead atoms. The van der Waals surface area contributed by atoms with Gasteiger partial charge in [-0.15, -0.1) is 36.2 Å². The average molecular weight is 394 g/mol. The fourth-order valence-electron chi connectivity index (χ4n) is 2.80. The van der Waals surface area contributed by atoms with Crippen molar-refractivity contribution in [1.82, 2.24) is 15.2 Å². The zero-order valence-electron chi connectivity index (χ0n) is 13.4. The largest absolute Gasteiger partial charge is 0.378 e. The lowest BCUT2D eigenvalue weighted by molar-refractivity contribution is 0.151. The molecule has 1 atom stereocenters. The normalized spacial score (nSPS) is 17.8. The summed E-state index contributed by atoms with van der Waals surface area (Å²) in [7, 11) is 1.68. The molecule has 1 aliphatic rings. The minimum absolute atomic E-state index is 0. The molecule has 0 radical (unpaired) electrons. The van der Waals surface area contributed by atoms with Crippen molar-refractivity contribution in [2.45, 2.75) is 19.2 Å². The van der Waals surface area contributed by atoms with E-state index >= 15 is 0 Å². The quantitative estimate of drug-likeness (QED) is 0.844. The van der Waals surface area contributed by atoms with Crippen LogP contribution in [0.2, 0.25) is 0 Å². The predicted molar refractivity (Wildman–Crippen MR) is 99.7 cm³/mol. The van der Waals surface area contributed by atoms with E-state index in [-0.39, 0.29) is 36.7 Å². The van der Waals surface area contributed by atoms with Gasteiger partial charge in [0, 0.05) is 44.7 Å². The first-order valence-corrected chi connectivity index (χ1v) is 8.26. The van der Waals surface area contributed by atoms with Gasteiger partial charge in [-0.1, -0.05) is 12.1 Å². The third kappa shape index (κ3) is 5.37. The second-order valence-electron chi connectivity index (χ2n) is 5.41. The van der Waals surface area contributed by atoms with Gasteiger partial charge in [0.25, 0.3) is 0 Å². The molecule has 1 N–H and O–H groups in total. The number of nitrogens with one attached hydrogen (secondary N) is 1. The summed E-state index contributed by atoms with van der Waals surface area (Å²) in [5, 5.41) is 6.47. The molecule has 1 unspecified atom stereocenters. The van der Waals surface area contributed by atoms with E-state index in [0.29, 0.717) is 6.61 Å². The Hall–Kier alpha value is -0.760. The maximum Gasteiger partial charge on any atom is 0.123 e. The number of thiazole rings is 1. The molecule has 1 aromatic heterocycles. The molecular formula is C16H22Cl2FN3OS. The van der Waals surface area contributed by atoms with Gasteiger partial charge in [0.15, 0.2) is 0 Å². The number of methoxy groups -OCH3 is 1. The Balaban J connectivity index is 0.00000144. The monoisotopic (exact) mass is 393 g/mol. The number of hydrogen-bond donors (Lipinski definition) is 1. The maximum atomic E-state index is 13.5. The zero-order chi connectivity index (χ0) is 15.4. The van der Waals surface area contributed by atoms with Crippen LogP contribution >= 0.6 is 36.2 Å². The van der Waals surface area contributed by atoms with Crippen molar-refractivity contribution in [2.75, 3.05) is 26.7 Å². The summed E-state index contributed by atoms with van der Waals surface area (Å²) in [4.78, 5) is 6.96. The van der Waals surface area contributed by atoms with Gasteiger partial charge in [-0.3, -0.25) is 4.90 Å². The minimum atomic E-state index is -0.181. The first-order chi connectivity index (χ1) is 10.8. The lowest BCUT2D eigenvalue weighted by Gasteiger charge is -2.36. The van der Waals surface area contributed by atoms with Gasteiger partial charge in [0.05, 0.1) is 12.3 Å². The first kappa shape index (κ1) is 21.3. The first-order valence-electron chi connectivity index (χ1n) is 7.38. The molecule has 2 heterocycles. The highest BCUT2D eigenvalue weighted by atomic mass is 35.5. The zero-order valence-corrected chi connectivity index (χ0v) is 15.9.